The summed E-state index contributed by atoms with van der Waals surface area (Å²) in [4.78, 5) is 10.4. The molecular formula is C12H17N5. The van der Waals surface area contributed by atoms with Crippen molar-refractivity contribution in [3.63, 3.8) is 0 Å². The molecular weight excluding hydrogens is 214 g/mol. The first-order valence-corrected chi connectivity index (χ1v) is 5.52. The predicted octanol–water partition coefficient (Wildman–Crippen LogP) is 1.24. The number of anilines is 1. The number of benzene rings is 1. The lowest BCUT2D eigenvalue weighted by Gasteiger charge is -2.22. The van der Waals surface area contributed by atoms with Crippen LogP contribution in [0.3, 0.4) is 0 Å². The van der Waals surface area contributed by atoms with Gasteiger partial charge in [-0.25, -0.2) is 9.98 Å². The van der Waals surface area contributed by atoms with E-state index in [0.717, 1.165) is 17.6 Å². The Labute approximate surface area is 101 Å². The normalized spacial score (nSPS) is 14.5. The minimum Gasteiger partial charge on any atom is -0.349 e. The summed E-state index contributed by atoms with van der Waals surface area (Å²) in [6, 6.07) is 8.17. The van der Waals surface area contributed by atoms with Crippen LogP contribution in [0.1, 0.15) is 5.56 Å². The van der Waals surface area contributed by atoms with Gasteiger partial charge in [0.25, 0.3) is 0 Å². The molecule has 0 saturated carbocycles. The highest BCUT2D eigenvalue weighted by Gasteiger charge is 2.10. The molecule has 0 atom stereocenters. The van der Waals surface area contributed by atoms with Crippen LogP contribution in [0.15, 0.2) is 34.3 Å². The van der Waals surface area contributed by atoms with Gasteiger partial charge in [0.15, 0.2) is 0 Å². The molecule has 2 N–H and O–H groups in total. The molecule has 0 radical (unpaired) electrons. The van der Waals surface area contributed by atoms with E-state index in [9.17, 15) is 0 Å². The summed E-state index contributed by atoms with van der Waals surface area (Å²) in [5, 5.41) is 6.37. The number of rotatable bonds is 1. The molecule has 1 aromatic rings. The quantitative estimate of drug-likeness (QED) is 0.764. The molecule has 17 heavy (non-hydrogen) atoms. The van der Waals surface area contributed by atoms with Crippen molar-refractivity contribution in [2.45, 2.75) is 6.92 Å². The molecule has 5 heteroatoms. The lowest BCUT2D eigenvalue weighted by Crippen LogP contribution is -2.45. The van der Waals surface area contributed by atoms with Gasteiger partial charge in [0, 0.05) is 19.8 Å². The van der Waals surface area contributed by atoms with Crippen molar-refractivity contribution in [2.75, 3.05) is 26.1 Å². The molecule has 0 aromatic heterocycles. The first-order chi connectivity index (χ1) is 8.15. The van der Waals surface area contributed by atoms with Gasteiger partial charge in [-0.05, 0) is 24.6 Å². The van der Waals surface area contributed by atoms with Gasteiger partial charge in [-0.1, -0.05) is 12.1 Å². The standard InChI is InChI=1S/C12H17N5/c1-9-5-4-6-10(7-9)15-11-13-8-14-12(16-11)17(2)3/h4-7H,8H2,1-3H3,(H2,13,14,15,16). The van der Waals surface area contributed by atoms with Crippen molar-refractivity contribution in [3.8, 4) is 0 Å². The Morgan fingerprint density at radius 2 is 2.12 bits per heavy atom. The fourth-order valence-electron chi connectivity index (χ4n) is 1.54. The molecule has 1 aliphatic rings. The van der Waals surface area contributed by atoms with Crippen LogP contribution in [0.4, 0.5) is 5.69 Å². The van der Waals surface area contributed by atoms with Gasteiger partial charge in [-0.2, -0.15) is 0 Å². The fourth-order valence-corrected chi connectivity index (χ4v) is 1.54. The first kappa shape index (κ1) is 11.4. The van der Waals surface area contributed by atoms with E-state index < -0.39 is 0 Å². The molecule has 90 valence electrons. The number of hydrogen-bond donors (Lipinski definition) is 2. The number of nitrogens with one attached hydrogen (secondary N) is 2. The Kier molecular flexibility index (Phi) is 3.27. The van der Waals surface area contributed by atoms with Gasteiger partial charge < -0.3 is 10.2 Å². The zero-order chi connectivity index (χ0) is 12.3. The third-order valence-corrected chi connectivity index (χ3v) is 2.38. The predicted molar refractivity (Wildman–Crippen MR) is 71.4 cm³/mol. The molecule has 0 unspecified atom stereocenters. The molecule has 0 aliphatic carbocycles. The summed E-state index contributed by atoms with van der Waals surface area (Å²) >= 11 is 0. The molecule has 1 aliphatic heterocycles. The SMILES string of the molecule is Cc1cccc(NC2=NCN=C(N(C)C)N2)c1. The second-order valence-corrected chi connectivity index (χ2v) is 4.14. The second-order valence-electron chi connectivity index (χ2n) is 4.14. The Morgan fingerprint density at radius 1 is 1.29 bits per heavy atom. The van der Waals surface area contributed by atoms with Gasteiger partial charge in [0.1, 0.15) is 6.67 Å². The van der Waals surface area contributed by atoms with Gasteiger partial charge in [-0.15, -0.1) is 0 Å². The van der Waals surface area contributed by atoms with Crippen LogP contribution in [-0.4, -0.2) is 37.6 Å². The number of aliphatic imine (C=N–C) groups is 2. The van der Waals surface area contributed by atoms with E-state index >= 15 is 0 Å². The van der Waals surface area contributed by atoms with Gasteiger partial charge in [0.2, 0.25) is 11.9 Å². The molecule has 1 aromatic carbocycles. The minimum absolute atomic E-state index is 0.453. The Bertz CT molecular complexity index is 462. The third kappa shape index (κ3) is 2.96. The molecule has 5 nitrogen and oxygen atoms in total. The highest BCUT2D eigenvalue weighted by atomic mass is 15.4. The summed E-state index contributed by atoms with van der Waals surface area (Å²) in [5.41, 5.74) is 2.24. The van der Waals surface area contributed by atoms with E-state index in [4.69, 9.17) is 0 Å². The minimum atomic E-state index is 0.453. The zero-order valence-electron chi connectivity index (χ0n) is 10.4. The van der Waals surface area contributed by atoms with Gasteiger partial charge in [-0.3, -0.25) is 5.32 Å². The van der Waals surface area contributed by atoms with E-state index in [1.807, 2.05) is 31.1 Å². The van der Waals surface area contributed by atoms with Gasteiger partial charge in [0.05, 0.1) is 0 Å². The lowest BCUT2D eigenvalue weighted by molar-refractivity contribution is 0.596. The molecule has 0 spiro atoms. The van der Waals surface area contributed by atoms with E-state index in [-0.39, 0.29) is 0 Å². The number of aryl methyl sites for hydroxylation is 1. The second kappa shape index (κ2) is 4.86. The lowest BCUT2D eigenvalue weighted by atomic mass is 10.2. The van der Waals surface area contributed by atoms with Crippen LogP contribution in [0.25, 0.3) is 0 Å². The van der Waals surface area contributed by atoms with Crippen molar-refractivity contribution in [3.05, 3.63) is 29.8 Å². The van der Waals surface area contributed by atoms with E-state index in [1.54, 1.807) is 0 Å². The van der Waals surface area contributed by atoms with E-state index in [1.165, 1.54) is 5.56 Å². The summed E-state index contributed by atoms with van der Waals surface area (Å²) in [5.74, 6) is 1.55. The average Bonchev–Trinajstić information content (AvgIpc) is 2.29. The maximum atomic E-state index is 4.27. The number of nitrogens with zero attached hydrogens (tertiary/aromatic N) is 3. The van der Waals surface area contributed by atoms with Gasteiger partial charge >= 0.3 is 0 Å². The molecule has 0 bridgehead atoms. The maximum Gasteiger partial charge on any atom is 0.204 e. The van der Waals surface area contributed by atoms with Crippen molar-refractivity contribution in [2.24, 2.45) is 9.98 Å². The molecule has 2 rings (SSSR count). The average molecular weight is 231 g/mol. The van der Waals surface area contributed by atoms with E-state index in [2.05, 4.69) is 39.7 Å². The summed E-state index contributed by atoms with van der Waals surface area (Å²) in [7, 11) is 3.89. The van der Waals surface area contributed by atoms with Crippen LogP contribution in [0, 0.1) is 6.92 Å². The molecule has 0 amide bonds. The van der Waals surface area contributed by atoms with Crippen LogP contribution in [0.2, 0.25) is 0 Å². The highest BCUT2D eigenvalue weighted by molar-refractivity contribution is 6.06. The van der Waals surface area contributed by atoms with Crippen LogP contribution in [-0.2, 0) is 0 Å². The Hall–Kier alpha value is -2.04. The fraction of sp³-hybridized carbons (Fsp3) is 0.333. The zero-order valence-corrected chi connectivity index (χ0v) is 10.4. The Morgan fingerprint density at radius 3 is 2.82 bits per heavy atom. The van der Waals surface area contributed by atoms with Crippen LogP contribution >= 0.6 is 0 Å². The van der Waals surface area contributed by atoms with Crippen LogP contribution < -0.4 is 10.6 Å². The summed E-state index contributed by atoms with van der Waals surface area (Å²) < 4.78 is 0. The smallest absolute Gasteiger partial charge is 0.204 e. The largest absolute Gasteiger partial charge is 0.349 e. The van der Waals surface area contributed by atoms with Crippen LogP contribution in [0.5, 0.6) is 0 Å². The summed E-state index contributed by atoms with van der Waals surface area (Å²) in [6.07, 6.45) is 0. The summed E-state index contributed by atoms with van der Waals surface area (Å²) in [6.45, 7) is 2.52. The van der Waals surface area contributed by atoms with E-state index in [0.29, 0.717) is 6.67 Å². The first-order valence-electron chi connectivity index (χ1n) is 5.52. The van der Waals surface area contributed by atoms with Crippen molar-refractivity contribution in [1.29, 1.82) is 0 Å². The highest BCUT2D eigenvalue weighted by Crippen LogP contribution is 2.09. The van der Waals surface area contributed by atoms with Crippen molar-refractivity contribution < 1.29 is 0 Å². The number of guanidine groups is 2. The molecule has 0 saturated heterocycles. The molecule has 1 heterocycles. The van der Waals surface area contributed by atoms with Crippen molar-refractivity contribution >= 4 is 17.6 Å². The Balaban J connectivity index is 2.03. The third-order valence-electron chi connectivity index (χ3n) is 2.38. The molecule has 0 fully saturated rings. The topological polar surface area (TPSA) is 52.0 Å². The monoisotopic (exact) mass is 231 g/mol. The maximum absolute atomic E-state index is 4.27. The number of hydrogen-bond acceptors (Lipinski definition) is 5. The van der Waals surface area contributed by atoms with Crippen molar-refractivity contribution in [1.82, 2.24) is 10.2 Å².